The first-order valence-electron chi connectivity index (χ1n) is 7.72. The van der Waals surface area contributed by atoms with E-state index in [4.69, 9.17) is 4.74 Å². The van der Waals surface area contributed by atoms with Crippen molar-refractivity contribution in [3.05, 3.63) is 35.9 Å². The van der Waals surface area contributed by atoms with Gasteiger partial charge in [0.1, 0.15) is 0 Å². The van der Waals surface area contributed by atoms with Crippen LogP contribution >= 0.6 is 0 Å². The highest BCUT2D eigenvalue weighted by Crippen LogP contribution is 2.35. The summed E-state index contributed by atoms with van der Waals surface area (Å²) in [6, 6.07) is 9.58. The number of nitrogens with one attached hydrogen (secondary N) is 1. The largest absolute Gasteiger partial charge is 0.385 e. The molecule has 1 saturated heterocycles. The number of likely N-dealkylation sites (tertiary alicyclic amines) is 1. The summed E-state index contributed by atoms with van der Waals surface area (Å²) in [6.07, 6.45) is 1.81. The molecule has 0 bridgehead atoms. The van der Waals surface area contributed by atoms with E-state index < -0.39 is 0 Å². The predicted molar refractivity (Wildman–Crippen MR) is 84.2 cm³/mol. The van der Waals surface area contributed by atoms with Gasteiger partial charge in [-0.1, -0.05) is 30.3 Å². The number of hydrogen-bond donors (Lipinski definition) is 1. The summed E-state index contributed by atoms with van der Waals surface area (Å²) in [5.41, 5.74) is 1.01. The lowest BCUT2D eigenvalue weighted by Crippen LogP contribution is -2.46. The van der Waals surface area contributed by atoms with Crippen molar-refractivity contribution in [2.24, 2.45) is 5.92 Å². The minimum atomic E-state index is -0.201. The Morgan fingerprint density at radius 3 is 2.77 bits per heavy atom. The van der Waals surface area contributed by atoms with Crippen LogP contribution in [0.2, 0.25) is 0 Å². The Labute approximate surface area is 131 Å². The molecule has 2 atom stereocenters. The van der Waals surface area contributed by atoms with Crippen LogP contribution in [-0.4, -0.2) is 44.0 Å². The molecule has 5 heteroatoms. The third-order valence-electron chi connectivity index (χ3n) is 4.16. The standard InChI is InChI=1S/C17H24N2O3/c1-19-15(20)10-9-14(17(21)18-11-6-12-22-2)16(19)13-7-4-3-5-8-13/h3-5,7-8,14,16H,6,9-12H2,1-2H3,(H,18,21)/t14-,16-/m0/s1. The van der Waals surface area contributed by atoms with E-state index in [-0.39, 0.29) is 23.8 Å². The molecule has 120 valence electrons. The second kappa shape index (κ2) is 7.94. The minimum absolute atomic E-state index is 0.0179. The summed E-state index contributed by atoms with van der Waals surface area (Å²) in [7, 11) is 3.43. The van der Waals surface area contributed by atoms with Crippen LogP contribution in [0.1, 0.15) is 30.9 Å². The smallest absolute Gasteiger partial charge is 0.225 e. The Bertz CT molecular complexity index is 504. The van der Waals surface area contributed by atoms with Crippen LogP contribution in [0, 0.1) is 5.92 Å². The van der Waals surface area contributed by atoms with Gasteiger partial charge in [0.25, 0.3) is 0 Å². The van der Waals surface area contributed by atoms with E-state index in [0.29, 0.717) is 26.0 Å². The molecular weight excluding hydrogens is 280 g/mol. The van der Waals surface area contributed by atoms with Crippen molar-refractivity contribution in [1.29, 1.82) is 0 Å². The van der Waals surface area contributed by atoms with Gasteiger partial charge in [-0.3, -0.25) is 9.59 Å². The molecule has 5 nitrogen and oxygen atoms in total. The lowest BCUT2D eigenvalue weighted by atomic mass is 9.84. The zero-order valence-corrected chi connectivity index (χ0v) is 13.2. The molecule has 22 heavy (non-hydrogen) atoms. The van der Waals surface area contributed by atoms with Gasteiger partial charge in [0, 0.05) is 33.7 Å². The number of piperidine rings is 1. The second-order valence-electron chi connectivity index (χ2n) is 5.64. The number of amides is 2. The lowest BCUT2D eigenvalue weighted by Gasteiger charge is -2.38. The number of hydrogen-bond acceptors (Lipinski definition) is 3. The van der Waals surface area contributed by atoms with Crippen molar-refractivity contribution in [3.8, 4) is 0 Å². The first-order chi connectivity index (χ1) is 10.6. The molecule has 0 aromatic heterocycles. The topological polar surface area (TPSA) is 58.6 Å². The Balaban J connectivity index is 2.10. The highest BCUT2D eigenvalue weighted by atomic mass is 16.5. The molecule has 0 aliphatic carbocycles. The van der Waals surface area contributed by atoms with Crippen LogP contribution in [0.3, 0.4) is 0 Å². The van der Waals surface area contributed by atoms with Gasteiger partial charge in [-0.05, 0) is 18.4 Å². The first-order valence-corrected chi connectivity index (χ1v) is 7.72. The molecule has 2 rings (SSSR count). The summed E-state index contributed by atoms with van der Waals surface area (Å²) in [5.74, 6) is -0.0887. The van der Waals surface area contributed by atoms with E-state index in [9.17, 15) is 9.59 Å². The Morgan fingerprint density at radius 1 is 1.36 bits per heavy atom. The lowest BCUT2D eigenvalue weighted by molar-refractivity contribution is -0.141. The maximum Gasteiger partial charge on any atom is 0.225 e. The zero-order chi connectivity index (χ0) is 15.9. The number of carbonyl (C=O) groups is 2. The molecule has 1 aliphatic heterocycles. The average molecular weight is 304 g/mol. The predicted octanol–water partition coefficient (Wildman–Crippen LogP) is 1.75. The molecule has 2 amide bonds. The summed E-state index contributed by atoms with van der Waals surface area (Å²) in [6.45, 7) is 1.23. The van der Waals surface area contributed by atoms with Crippen molar-refractivity contribution >= 4 is 11.8 Å². The Kier molecular flexibility index (Phi) is 5.95. The maximum atomic E-state index is 12.5. The normalized spacial score (nSPS) is 21.7. The second-order valence-corrected chi connectivity index (χ2v) is 5.64. The van der Waals surface area contributed by atoms with Crippen molar-refractivity contribution < 1.29 is 14.3 Å². The zero-order valence-electron chi connectivity index (χ0n) is 13.2. The van der Waals surface area contributed by atoms with Crippen molar-refractivity contribution in [3.63, 3.8) is 0 Å². The number of carbonyl (C=O) groups excluding carboxylic acids is 2. The van der Waals surface area contributed by atoms with E-state index in [1.165, 1.54) is 0 Å². The average Bonchev–Trinajstić information content (AvgIpc) is 2.54. The summed E-state index contributed by atoms with van der Waals surface area (Å²) >= 11 is 0. The number of nitrogens with zero attached hydrogens (tertiary/aromatic N) is 1. The highest BCUT2D eigenvalue weighted by Gasteiger charge is 2.38. The Morgan fingerprint density at radius 2 is 2.09 bits per heavy atom. The summed E-state index contributed by atoms with van der Waals surface area (Å²) in [4.78, 5) is 26.2. The quantitative estimate of drug-likeness (QED) is 0.815. The molecule has 1 aliphatic rings. The van der Waals surface area contributed by atoms with Gasteiger partial charge in [0.15, 0.2) is 0 Å². The third kappa shape index (κ3) is 3.85. The van der Waals surface area contributed by atoms with E-state index in [2.05, 4.69) is 5.32 Å². The monoisotopic (exact) mass is 304 g/mol. The number of benzene rings is 1. The molecule has 1 aromatic rings. The summed E-state index contributed by atoms with van der Waals surface area (Å²) in [5, 5.41) is 2.97. The third-order valence-corrected chi connectivity index (χ3v) is 4.16. The van der Waals surface area contributed by atoms with Crippen LogP contribution < -0.4 is 5.32 Å². The van der Waals surface area contributed by atoms with Gasteiger partial charge in [-0.2, -0.15) is 0 Å². The van der Waals surface area contributed by atoms with Crippen LogP contribution in [0.4, 0.5) is 0 Å². The number of methoxy groups -OCH3 is 1. The van der Waals surface area contributed by atoms with E-state index >= 15 is 0 Å². The van der Waals surface area contributed by atoms with Crippen molar-refractivity contribution in [1.82, 2.24) is 10.2 Å². The van der Waals surface area contributed by atoms with Gasteiger partial charge >= 0.3 is 0 Å². The molecule has 0 spiro atoms. The number of rotatable bonds is 6. The van der Waals surface area contributed by atoms with Crippen LogP contribution in [0.25, 0.3) is 0 Å². The number of ether oxygens (including phenoxy) is 1. The van der Waals surface area contributed by atoms with Crippen molar-refractivity contribution in [2.75, 3.05) is 27.3 Å². The van der Waals surface area contributed by atoms with Gasteiger partial charge in [0.05, 0.1) is 12.0 Å². The molecule has 0 saturated carbocycles. The summed E-state index contributed by atoms with van der Waals surface area (Å²) < 4.78 is 4.99. The molecule has 1 fully saturated rings. The molecular formula is C17H24N2O3. The first kappa shape index (κ1) is 16.5. The van der Waals surface area contributed by atoms with Gasteiger partial charge in [-0.15, -0.1) is 0 Å². The fraction of sp³-hybridized carbons (Fsp3) is 0.529. The van der Waals surface area contributed by atoms with Gasteiger partial charge < -0.3 is 15.0 Å². The van der Waals surface area contributed by atoms with Crippen LogP contribution in [0.5, 0.6) is 0 Å². The van der Waals surface area contributed by atoms with Gasteiger partial charge in [0.2, 0.25) is 11.8 Å². The SMILES string of the molecule is COCCCNC(=O)[C@H]1CCC(=O)N(C)[C@H]1c1ccccc1. The van der Waals surface area contributed by atoms with E-state index in [1.54, 1.807) is 19.1 Å². The van der Waals surface area contributed by atoms with Crippen LogP contribution in [-0.2, 0) is 14.3 Å². The van der Waals surface area contributed by atoms with E-state index in [0.717, 1.165) is 12.0 Å². The fourth-order valence-electron chi connectivity index (χ4n) is 2.98. The van der Waals surface area contributed by atoms with E-state index in [1.807, 2.05) is 30.3 Å². The molecule has 1 N–H and O–H groups in total. The molecule has 1 aromatic carbocycles. The molecule has 0 unspecified atom stereocenters. The molecule has 0 radical (unpaired) electrons. The fourth-order valence-corrected chi connectivity index (χ4v) is 2.98. The Hall–Kier alpha value is -1.88. The van der Waals surface area contributed by atoms with Crippen LogP contribution in [0.15, 0.2) is 30.3 Å². The van der Waals surface area contributed by atoms with Crippen molar-refractivity contribution in [2.45, 2.75) is 25.3 Å². The van der Waals surface area contributed by atoms with Gasteiger partial charge in [-0.25, -0.2) is 0 Å². The maximum absolute atomic E-state index is 12.5. The molecule has 1 heterocycles. The highest BCUT2D eigenvalue weighted by molar-refractivity contribution is 5.84. The minimum Gasteiger partial charge on any atom is -0.385 e.